The average molecular weight is 488 g/mol. The number of nitrogens with one attached hydrogen (secondary N) is 1. The Kier molecular flexibility index (Phi) is 8.24. The number of hydrogen-bond donors (Lipinski definition) is 1. The van der Waals surface area contributed by atoms with Crippen LogP contribution in [0.3, 0.4) is 0 Å². The molecule has 2 aromatic heterocycles. The first-order chi connectivity index (χ1) is 17.2. The van der Waals surface area contributed by atoms with Crippen molar-refractivity contribution in [3.05, 3.63) is 84.7 Å². The maximum atomic E-state index is 12.6. The van der Waals surface area contributed by atoms with Crippen LogP contribution in [-0.2, 0) is 9.53 Å². The fourth-order valence-electron chi connectivity index (χ4n) is 3.27. The van der Waals surface area contributed by atoms with Crippen LogP contribution in [0.5, 0.6) is 0 Å². The molecular formula is C26H25N5O3S. The van der Waals surface area contributed by atoms with Gasteiger partial charge >= 0.3 is 5.97 Å². The third kappa shape index (κ3) is 6.33. The van der Waals surface area contributed by atoms with E-state index in [-0.39, 0.29) is 17.6 Å². The summed E-state index contributed by atoms with van der Waals surface area (Å²) in [5.41, 5.74) is 2.82. The van der Waals surface area contributed by atoms with Crippen molar-refractivity contribution in [1.29, 1.82) is 0 Å². The minimum absolute atomic E-state index is 0.141. The molecule has 178 valence electrons. The molecule has 0 bridgehead atoms. The van der Waals surface area contributed by atoms with Gasteiger partial charge < -0.3 is 10.1 Å². The number of carbonyl (C=O) groups is 2. The summed E-state index contributed by atoms with van der Waals surface area (Å²) >= 11 is 1.29. The number of hydrogen-bond acceptors (Lipinski definition) is 7. The number of thioether (sulfide) groups is 1. The molecule has 0 spiro atoms. The Morgan fingerprint density at radius 1 is 0.971 bits per heavy atom. The van der Waals surface area contributed by atoms with Crippen molar-refractivity contribution in [2.45, 2.75) is 24.9 Å². The van der Waals surface area contributed by atoms with Crippen molar-refractivity contribution in [3.8, 4) is 17.1 Å². The van der Waals surface area contributed by atoms with Crippen molar-refractivity contribution in [2.24, 2.45) is 0 Å². The van der Waals surface area contributed by atoms with Gasteiger partial charge in [-0.15, -0.1) is 10.2 Å². The van der Waals surface area contributed by atoms with Crippen LogP contribution in [0, 0.1) is 0 Å². The van der Waals surface area contributed by atoms with Gasteiger partial charge in [-0.25, -0.2) is 4.79 Å². The number of para-hydroxylation sites is 1. The topological polar surface area (TPSA) is 99.0 Å². The number of pyridine rings is 1. The van der Waals surface area contributed by atoms with E-state index < -0.39 is 0 Å². The lowest BCUT2D eigenvalue weighted by molar-refractivity contribution is -0.113. The van der Waals surface area contributed by atoms with Crippen LogP contribution >= 0.6 is 11.8 Å². The minimum Gasteiger partial charge on any atom is -0.462 e. The molecule has 8 nitrogen and oxygen atoms in total. The summed E-state index contributed by atoms with van der Waals surface area (Å²) in [5, 5.41) is 12.2. The van der Waals surface area contributed by atoms with Crippen molar-refractivity contribution in [3.63, 3.8) is 0 Å². The molecule has 0 aliphatic carbocycles. The number of nitrogens with zero attached hydrogens (tertiary/aromatic N) is 4. The number of aromatic nitrogens is 4. The van der Waals surface area contributed by atoms with Gasteiger partial charge in [-0.2, -0.15) is 0 Å². The van der Waals surface area contributed by atoms with E-state index >= 15 is 0 Å². The van der Waals surface area contributed by atoms with Crippen molar-refractivity contribution in [2.75, 3.05) is 17.7 Å². The van der Waals surface area contributed by atoms with Crippen LogP contribution in [0.4, 0.5) is 5.69 Å². The van der Waals surface area contributed by atoms with Crippen molar-refractivity contribution >= 4 is 29.3 Å². The van der Waals surface area contributed by atoms with Gasteiger partial charge in [0, 0.05) is 29.3 Å². The molecule has 4 aromatic rings. The van der Waals surface area contributed by atoms with Crippen LogP contribution in [-0.4, -0.2) is 44.0 Å². The molecule has 2 heterocycles. The lowest BCUT2D eigenvalue weighted by Crippen LogP contribution is -2.15. The van der Waals surface area contributed by atoms with Crippen molar-refractivity contribution in [1.82, 2.24) is 19.7 Å². The number of unbranched alkanes of at least 4 members (excludes halogenated alkanes) is 1. The van der Waals surface area contributed by atoms with Gasteiger partial charge in [-0.3, -0.25) is 14.3 Å². The van der Waals surface area contributed by atoms with Crippen molar-refractivity contribution < 1.29 is 14.3 Å². The first-order valence-electron chi connectivity index (χ1n) is 11.3. The van der Waals surface area contributed by atoms with E-state index in [1.165, 1.54) is 11.8 Å². The Hall–Kier alpha value is -3.98. The van der Waals surface area contributed by atoms with Gasteiger partial charge in [-0.1, -0.05) is 43.3 Å². The zero-order valence-electron chi connectivity index (χ0n) is 19.3. The highest BCUT2D eigenvalue weighted by Crippen LogP contribution is 2.27. The van der Waals surface area contributed by atoms with Crippen LogP contribution in [0.25, 0.3) is 17.1 Å². The monoisotopic (exact) mass is 487 g/mol. The van der Waals surface area contributed by atoms with Gasteiger partial charge in [0.05, 0.1) is 17.9 Å². The molecule has 0 aliphatic heterocycles. The predicted octanol–water partition coefficient (Wildman–Crippen LogP) is 5.02. The number of ether oxygens (including phenoxy) is 1. The smallest absolute Gasteiger partial charge is 0.338 e. The average Bonchev–Trinajstić information content (AvgIpc) is 3.33. The summed E-state index contributed by atoms with van der Waals surface area (Å²) in [6.45, 7) is 2.44. The van der Waals surface area contributed by atoms with Gasteiger partial charge in [0.15, 0.2) is 11.0 Å². The van der Waals surface area contributed by atoms with Gasteiger partial charge in [0.1, 0.15) is 0 Å². The molecule has 35 heavy (non-hydrogen) atoms. The Morgan fingerprint density at radius 2 is 1.71 bits per heavy atom. The molecule has 0 fully saturated rings. The fourth-order valence-corrected chi connectivity index (χ4v) is 4.02. The third-order valence-corrected chi connectivity index (χ3v) is 5.98. The van der Waals surface area contributed by atoms with Crippen LogP contribution < -0.4 is 5.32 Å². The fraction of sp³-hybridized carbons (Fsp3) is 0.192. The maximum Gasteiger partial charge on any atom is 0.338 e. The Morgan fingerprint density at radius 3 is 2.43 bits per heavy atom. The number of carbonyl (C=O) groups excluding carboxylic acids is 2. The second-order valence-electron chi connectivity index (χ2n) is 7.62. The lowest BCUT2D eigenvalue weighted by atomic mass is 10.2. The van der Waals surface area contributed by atoms with E-state index in [1.54, 1.807) is 36.7 Å². The molecule has 0 radical (unpaired) electrons. The number of amides is 1. The lowest BCUT2D eigenvalue weighted by Gasteiger charge is -2.10. The first-order valence-corrected chi connectivity index (χ1v) is 12.3. The summed E-state index contributed by atoms with van der Waals surface area (Å²) in [6.07, 6.45) is 5.20. The summed E-state index contributed by atoms with van der Waals surface area (Å²) in [5.74, 6) is 0.253. The standard InChI is InChI=1S/C26H25N5O3S/c1-2-3-17-34-25(33)20-9-11-21(12-10-20)28-23(32)18-35-26-30-29-24(19-13-15-27-16-14-19)31(26)22-7-5-4-6-8-22/h4-16H,2-3,17-18H2,1H3,(H,28,32). The normalized spacial score (nSPS) is 10.7. The summed E-state index contributed by atoms with van der Waals surface area (Å²) in [4.78, 5) is 28.7. The molecule has 2 aromatic carbocycles. The SMILES string of the molecule is CCCCOC(=O)c1ccc(NC(=O)CSc2nnc(-c3ccncc3)n2-c2ccccc2)cc1. The maximum absolute atomic E-state index is 12.6. The third-order valence-electron chi connectivity index (χ3n) is 5.05. The van der Waals surface area contributed by atoms with E-state index in [2.05, 4.69) is 20.5 Å². The highest BCUT2D eigenvalue weighted by atomic mass is 32.2. The first kappa shape index (κ1) is 24.2. The molecular weight excluding hydrogens is 462 g/mol. The van der Waals surface area contributed by atoms with E-state index in [4.69, 9.17) is 4.74 Å². The van der Waals surface area contributed by atoms with E-state index in [9.17, 15) is 9.59 Å². The van der Waals surface area contributed by atoms with Crippen LogP contribution in [0.1, 0.15) is 30.1 Å². The highest BCUT2D eigenvalue weighted by molar-refractivity contribution is 7.99. The summed E-state index contributed by atoms with van der Waals surface area (Å²) in [6, 6.07) is 20.2. The molecule has 1 N–H and O–H groups in total. The molecule has 0 unspecified atom stereocenters. The number of rotatable bonds is 10. The van der Waals surface area contributed by atoms with E-state index in [1.807, 2.05) is 54.0 Å². The molecule has 0 saturated heterocycles. The van der Waals surface area contributed by atoms with E-state index in [0.717, 1.165) is 24.1 Å². The molecule has 1 amide bonds. The highest BCUT2D eigenvalue weighted by Gasteiger charge is 2.17. The largest absolute Gasteiger partial charge is 0.462 e. The van der Waals surface area contributed by atoms with Crippen LogP contribution in [0.15, 0.2) is 84.3 Å². The zero-order chi connectivity index (χ0) is 24.5. The molecule has 0 atom stereocenters. The zero-order valence-corrected chi connectivity index (χ0v) is 20.1. The predicted molar refractivity (Wildman–Crippen MR) is 136 cm³/mol. The molecule has 0 saturated carbocycles. The number of anilines is 1. The Labute approximate surface area is 207 Å². The molecule has 4 rings (SSSR count). The van der Waals surface area contributed by atoms with E-state index in [0.29, 0.717) is 28.8 Å². The minimum atomic E-state index is -0.364. The van der Waals surface area contributed by atoms with Gasteiger partial charge in [0.25, 0.3) is 0 Å². The second-order valence-corrected chi connectivity index (χ2v) is 8.56. The van der Waals surface area contributed by atoms with Crippen LogP contribution in [0.2, 0.25) is 0 Å². The summed E-state index contributed by atoms with van der Waals surface area (Å²) < 4.78 is 7.13. The second kappa shape index (κ2) is 11.9. The number of benzene rings is 2. The molecule has 9 heteroatoms. The Bertz CT molecular complexity index is 1260. The van der Waals surface area contributed by atoms with Gasteiger partial charge in [0.2, 0.25) is 5.91 Å². The Balaban J connectivity index is 1.42. The quantitative estimate of drug-likeness (QED) is 0.191. The van der Waals surface area contributed by atoms with Gasteiger partial charge in [-0.05, 0) is 55.0 Å². The number of esters is 1. The summed E-state index contributed by atoms with van der Waals surface area (Å²) in [7, 11) is 0. The molecule has 0 aliphatic rings.